The van der Waals surface area contributed by atoms with E-state index in [1.54, 1.807) is 19.1 Å². The molecule has 0 aliphatic carbocycles. The molecule has 134 valence electrons. The lowest BCUT2D eigenvalue weighted by atomic mass is 10.1. The van der Waals surface area contributed by atoms with Crippen molar-refractivity contribution >= 4 is 40.6 Å². The molecule has 2 heterocycles. The number of hydrogen-bond donors (Lipinski definition) is 1. The maximum absolute atomic E-state index is 12.2. The van der Waals surface area contributed by atoms with Crippen LogP contribution in [0.3, 0.4) is 0 Å². The summed E-state index contributed by atoms with van der Waals surface area (Å²) in [5.41, 5.74) is 3.26. The van der Waals surface area contributed by atoms with Crippen LogP contribution in [0.4, 0.5) is 5.69 Å². The van der Waals surface area contributed by atoms with Gasteiger partial charge in [0.1, 0.15) is 17.1 Å². The lowest BCUT2D eigenvalue weighted by molar-refractivity contribution is -0.115. The van der Waals surface area contributed by atoms with Crippen molar-refractivity contribution in [1.29, 1.82) is 0 Å². The Labute approximate surface area is 155 Å². The molecule has 26 heavy (non-hydrogen) atoms. The molecule has 1 amide bonds. The van der Waals surface area contributed by atoms with Gasteiger partial charge in [-0.25, -0.2) is 9.79 Å². The Morgan fingerprint density at radius 1 is 1.27 bits per heavy atom. The number of benzene rings is 1. The van der Waals surface area contributed by atoms with Gasteiger partial charge in [-0.15, -0.1) is 0 Å². The van der Waals surface area contributed by atoms with Crippen LogP contribution in [0.25, 0.3) is 6.08 Å². The monoisotopic (exact) mass is 370 g/mol. The molecule has 2 aromatic rings. The summed E-state index contributed by atoms with van der Waals surface area (Å²) in [6.45, 7) is 5.62. The van der Waals surface area contributed by atoms with E-state index in [2.05, 4.69) is 10.3 Å². The molecule has 1 N–H and O–H groups in total. The Morgan fingerprint density at radius 2 is 1.96 bits per heavy atom. The molecule has 0 unspecified atom stereocenters. The van der Waals surface area contributed by atoms with Gasteiger partial charge < -0.3 is 14.5 Å². The minimum atomic E-state index is -0.475. The van der Waals surface area contributed by atoms with Crippen LogP contribution in [0.1, 0.15) is 33.0 Å². The van der Waals surface area contributed by atoms with Crippen LogP contribution in [0, 0.1) is 20.8 Å². The third-order valence-electron chi connectivity index (χ3n) is 3.92. The number of esters is 1. The molecule has 0 radical (unpaired) electrons. The fourth-order valence-electron chi connectivity index (χ4n) is 2.58. The number of nitrogens with zero attached hydrogens (tertiary/aromatic N) is 1. The summed E-state index contributed by atoms with van der Waals surface area (Å²) in [7, 11) is 1.31. The number of amides is 1. The Morgan fingerprint density at radius 3 is 2.62 bits per heavy atom. The van der Waals surface area contributed by atoms with Gasteiger partial charge in [0.25, 0.3) is 5.91 Å². The average molecular weight is 370 g/mol. The van der Waals surface area contributed by atoms with E-state index in [0.717, 1.165) is 16.8 Å². The molecule has 3 rings (SSSR count). The van der Waals surface area contributed by atoms with Gasteiger partial charge in [0.05, 0.1) is 17.7 Å². The first kappa shape index (κ1) is 18.0. The van der Waals surface area contributed by atoms with Crippen molar-refractivity contribution in [3.63, 3.8) is 0 Å². The molecular formula is C19H18N2O4S. The number of nitrogens with one attached hydrogen (secondary N) is 1. The van der Waals surface area contributed by atoms with E-state index in [9.17, 15) is 9.59 Å². The Kier molecular flexibility index (Phi) is 4.99. The molecule has 1 aliphatic heterocycles. The molecular weight excluding hydrogens is 352 g/mol. The number of carbonyl (C=O) groups excluding carboxylic acids is 2. The highest BCUT2D eigenvalue weighted by molar-refractivity contribution is 8.18. The zero-order chi connectivity index (χ0) is 18.8. The smallest absolute Gasteiger partial charge is 0.341 e. The van der Waals surface area contributed by atoms with Gasteiger partial charge in [-0.1, -0.05) is 18.2 Å². The molecule has 1 fully saturated rings. The quantitative estimate of drug-likeness (QED) is 0.655. The fourth-order valence-corrected chi connectivity index (χ4v) is 3.39. The van der Waals surface area contributed by atoms with Gasteiger partial charge in [-0.05, 0) is 49.7 Å². The molecule has 7 heteroatoms. The number of methoxy groups -OCH3 is 1. The second-order valence-electron chi connectivity index (χ2n) is 5.83. The number of rotatable bonds is 3. The number of furan rings is 1. The number of aryl methyl sites for hydroxylation is 3. The fraction of sp³-hybridized carbons (Fsp3) is 0.211. The normalized spacial score (nSPS) is 17.0. The van der Waals surface area contributed by atoms with E-state index in [0.29, 0.717) is 27.2 Å². The van der Waals surface area contributed by atoms with E-state index in [-0.39, 0.29) is 5.91 Å². The third-order valence-corrected chi connectivity index (χ3v) is 4.83. The van der Waals surface area contributed by atoms with Crippen LogP contribution in [-0.2, 0) is 9.53 Å². The van der Waals surface area contributed by atoms with E-state index in [1.165, 1.54) is 18.9 Å². The lowest BCUT2D eigenvalue weighted by Gasteiger charge is -2.04. The minimum Gasteiger partial charge on any atom is -0.465 e. The van der Waals surface area contributed by atoms with E-state index in [1.807, 2.05) is 32.0 Å². The van der Waals surface area contributed by atoms with Crippen molar-refractivity contribution < 1.29 is 18.7 Å². The molecule has 1 saturated heterocycles. The SMILES string of the molecule is COC(=O)c1cc(C=C2SC(=Nc3c(C)cccc3C)NC2=O)oc1C. The zero-order valence-electron chi connectivity index (χ0n) is 14.9. The van der Waals surface area contributed by atoms with Gasteiger partial charge in [-0.2, -0.15) is 0 Å². The highest BCUT2D eigenvalue weighted by atomic mass is 32.2. The largest absolute Gasteiger partial charge is 0.465 e. The Hall–Kier alpha value is -2.80. The summed E-state index contributed by atoms with van der Waals surface area (Å²) in [5, 5.41) is 3.26. The standard InChI is InChI=1S/C19H18N2O4S/c1-10-6-5-7-11(2)16(10)20-19-21-17(22)15(26-19)9-13-8-14(12(3)25-13)18(23)24-4/h5-9H,1-4H3,(H,20,21,22). The maximum atomic E-state index is 12.2. The van der Waals surface area contributed by atoms with E-state index < -0.39 is 5.97 Å². The topological polar surface area (TPSA) is 80.9 Å². The summed E-state index contributed by atoms with van der Waals surface area (Å²) in [6, 6.07) is 7.48. The number of amidine groups is 1. The summed E-state index contributed by atoms with van der Waals surface area (Å²) in [5.74, 6) is 0.121. The number of thioether (sulfide) groups is 1. The van der Waals surface area contributed by atoms with Crippen LogP contribution in [0.2, 0.25) is 0 Å². The van der Waals surface area contributed by atoms with Crippen LogP contribution in [-0.4, -0.2) is 24.2 Å². The second kappa shape index (κ2) is 7.21. The molecule has 0 saturated carbocycles. The van der Waals surface area contributed by atoms with E-state index >= 15 is 0 Å². The second-order valence-corrected chi connectivity index (χ2v) is 6.86. The van der Waals surface area contributed by atoms with Gasteiger partial charge in [0, 0.05) is 6.08 Å². The predicted molar refractivity (Wildman–Crippen MR) is 102 cm³/mol. The van der Waals surface area contributed by atoms with Crippen molar-refractivity contribution in [3.8, 4) is 0 Å². The average Bonchev–Trinajstić information content (AvgIpc) is 3.13. The van der Waals surface area contributed by atoms with Crippen LogP contribution in [0.15, 0.2) is 38.6 Å². The van der Waals surface area contributed by atoms with Gasteiger partial charge in [0.2, 0.25) is 0 Å². The summed E-state index contributed by atoms with van der Waals surface area (Å²) < 4.78 is 10.2. The maximum Gasteiger partial charge on any atom is 0.341 e. The highest BCUT2D eigenvalue weighted by Gasteiger charge is 2.25. The van der Waals surface area contributed by atoms with Crippen molar-refractivity contribution in [2.45, 2.75) is 20.8 Å². The molecule has 1 aliphatic rings. The zero-order valence-corrected chi connectivity index (χ0v) is 15.7. The van der Waals surface area contributed by atoms with Crippen molar-refractivity contribution in [2.24, 2.45) is 4.99 Å². The third kappa shape index (κ3) is 3.57. The van der Waals surface area contributed by atoms with Crippen LogP contribution >= 0.6 is 11.8 Å². The summed E-state index contributed by atoms with van der Waals surface area (Å²) in [6.07, 6.45) is 1.59. The summed E-state index contributed by atoms with van der Waals surface area (Å²) >= 11 is 1.23. The first-order chi connectivity index (χ1) is 12.4. The number of aliphatic imine (C=N–C) groups is 1. The number of ether oxygens (including phenoxy) is 1. The van der Waals surface area contributed by atoms with Gasteiger partial charge in [-0.3, -0.25) is 4.79 Å². The molecule has 0 atom stereocenters. The highest BCUT2D eigenvalue weighted by Crippen LogP contribution is 2.31. The minimum absolute atomic E-state index is 0.256. The van der Waals surface area contributed by atoms with Gasteiger partial charge >= 0.3 is 5.97 Å². The molecule has 6 nitrogen and oxygen atoms in total. The molecule has 1 aromatic carbocycles. The van der Waals surface area contributed by atoms with Gasteiger partial charge in [0.15, 0.2) is 5.17 Å². The Balaban J connectivity index is 1.87. The lowest BCUT2D eigenvalue weighted by Crippen LogP contribution is -2.19. The van der Waals surface area contributed by atoms with Crippen molar-refractivity contribution in [1.82, 2.24) is 5.32 Å². The molecule has 0 spiro atoms. The number of carbonyl (C=O) groups is 2. The Bertz CT molecular complexity index is 936. The van der Waals surface area contributed by atoms with E-state index in [4.69, 9.17) is 9.15 Å². The summed E-state index contributed by atoms with van der Waals surface area (Å²) in [4.78, 5) is 28.9. The molecule has 1 aromatic heterocycles. The van der Waals surface area contributed by atoms with Crippen molar-refractivity contribution in [3.05, 3.63) is 57.4 Å². The predicted octanol–water partition coefficient (Wildman–Crippen LogP) is 3.88. The van der Waals surface area contributed by atoms with Crippen LogP contribution in [0.5, 0.6) is 0 Å². The molecule has 0 bridgehead atoms. The van der Waals surface area contributed by atoms with Crippen molar-refractivity contribution in [2.75, 3.05) is 7.11 Å². The number of hydrogen-bond acceptors (Lipinski definition) is 6. The number of para-hydroxylation sites is 1. The first-order valence-electron chi connectivity index (χ1n) is 7.93. The first-order valence-corrected chi connectivity index (χ1v) is 8.75. The van der Waals surface area contributed by atoms with Crippen LogP contribution < -0.4 is 5.32 Å².